The van der Waals surface area contributed by atoms with Crippen LogP contribution in [0.3, 0.4) is 0 Å². The van der Waals surface area contributed by atoms with Crippen LogP contribution in [-0.4, -0.2) is 23.9 Å². The van der Waals surface area contributed by atoms with Crippen LogP contribution in [-0.2, 0) is 16.1 Å². The van der Waals surface area contributed by atoms with Crippen molar-refractivity contribution >= 4 is 35.2 Å². The minimum atomic E-state index is -0.566. The van der Waals surface area contributed by atoms with Crippen LogP contribution in [0.25, 0.3) is 6.08 Å². The van der Waals surface area contributed by atoms with Crippen molar-refractivity contribution in [3.05, 3.63) is 104 Å². The molecule has 0 fully saturated rings. The van der Waals surface area contributed by atoms with Crippen LogP contribution in [0.4, 0.5) is 5.69 Å². The van der Waals surface area contributed by atoms with Gasteiger partial charge in [0.1, 0.15) is 6.61 Å². The summed E-state index contributed by atoms with van der Waals surface area (Å²) in [5.74, 6) is 0.333. The second kappa shape index (κ2) is 9.76. The summed E-state index contributed by atoms with van der Waals surface area (Å²) in [7, 11) is 1.47. The SMILES string of the molecule is COc1cc(/C=C2\N=C(c3ccc(C)cc3)OC2=O)cc(Cl)c1OCc1ccc([N+](=O)[O-])cc1. The number of benzene rings is 3. The molecule has 1 aliphatic rings. The molecule has 4 rings (SSSR count). The maximum atomic E-state index is 12.3. The lowest BCUT2D eigenvalue weighted by molar-refractivity contribution is -0.384. The van der Waals surface area contributed by atoms with E-state index in [1.54, 1.807) is 30.3 Å². The molecule has 0 saturated heterocycles. The number of nitrogens with zero attached hydrogens (tertiary/aromatic N) is 2. The summed E-state index contributed by atoms with van der Waals surface area (Å²) in [6.45, 7) is 2.10. The predicted octanol–water partition coefficient (Wildman–Crippen LogP) is 5.49. The van der Waals surface area contributed by atoms with Gasteiger partial charge in [0.05, 0.1) is 17.1 Å². The number of rotatable bonds is 7. The van der Waals surface area contributed by atoms with Gasteiger partial charge in [-0.05, 0) is 60.5 Å². The largest absolute Gasteiger partial charge is 0.493 e. The van der Waals surface area contributed by atoms with E-state index in [-0.39, 0.29) is 28.9 Å². The molecule has 3 aromatic rings. The number of aliphatic imine (C=N–C) groups is 1. The number of non-ortho nitro benzene ring substituents is 1. The molecule has 0 unspecified atom stereocenters. The number of cyclic esters (lactones) is 1. The van der Waals surface area contributed by atoms with E-state index in [9.17, 15) is 14.9 Å². The monoisotopic (exact) mass is 478 g/mol. The molecule has 34 heavy (non-hydrogen) atoms. The summed E-state index contributed by atoms with van der Waals surface area (Å²) in [5, 5.41) is 11.1. The Labute approximate surface area is 200 Å². The molecule has 0 spiro atoms. The molecule has 0 radical (unpaired) electrons. The van der Waals surface area contributed by atoms with E-state index in [0.29, 0.717) is 22.6 Å². The fourth-order valence-corrected chi connectivity index (χ4v) is 3.49. The quantitative estimate of drug-likeness (QED) is 0.193. The summed E-state index contributed by atoms with van der Waals surface area (Å²) in [5.41, 5.74) is 3.21. The van der Waals surface area contributed by atoms with E-state index in [0.717, 1.165) is 11.1 Å². The predicted molar refractivity (Wildman–Crippen MR) is 127 cm³/mol. The van der Waals surface area contributed by atoms with Gasteiger partial charge in [0.2, 0.25) is 5.90 Å². The Balaban J connectivity index is 1.55. The standard InChI is InChI=1S/C25H19ClN2O6/c1-15-3-7-18(8-4-15)24-27-21(25(29)34-24)12-17-11-20(26)23(22(13-17)32-2)33-14-16-5-9-19(10-6-16)28(30)31/h3-13H,14H2,1-2H3/b21-12-. The van der Waals surface area contributed by atoms with Gasteiger partial charge < -0.3 is 14.2 Å². The second-order valence-corrected chi connectivity index (χ2v) is 7.86. The number of aryl methyl sites for hydroxylation is 1. The smallest absolute Gasteiger partial charge is 0.363 e. The molecule has 0 aliphatic carbocycles. The highest BCUT2D eigenvalue weighted by molar-refractivity contribution is 6.32. The Morgan fingerprint density at radius 1 is 1.12 bits per heavy atom. The Morgan fingerprint density at radius 2 is 1.82 bits per heavy atom. The molecule has 172 valence electrons. The van der Waals surface area contributed by atoms with Gasteiger partial charge in [0, 0.05) is 17.7 Å². The van der Waals surface area contributed by atoms with Crippen molar-refractivity contribution in [2.24, 2.45) is 4.99 Å². The maximum Gasteiger partial charge on any atom is 0.363 e. The number of carbonyl (C=O) groups is 1. The van der Waals surface area contributed by atoms with Gasteiger partial charge in [-0.25, -0.2) is 9.79 Å². The Morgan fingerprint density at radius 3 is 2.47 bits per heavy atom. The number of hydrogen-bond donors (Lipinski definition) is 0. The number of ether oxygens (including phenoxy) is 3. The number of nitro benzene ring substituents is 1. The third kappa shape index (κ3) is 5.07. The molecule has 3 aromatic carbocycles. The summed E-state index contributed by atoms with van der Waals surface area (Å²) in [4.78, 5) is 27.0. The van der Waals surface area contributed by atoms with E-state index in [1.165, 1.54) is 19.2 Å². The summed E-state index contributed by atoms with van der Waals surface area (Å²) in [6.07, 6.45) is 1.55. The van der Waals surface area contributed by atoms with E-state index in [2.05, 4.69) is 4.99 Å². The van der Waals surface area contributed by atoms with Crippen LogP contribution >= 0.6 is 11.6 Å². The van der Waals surface area contributed by atoms with Crippen molar-refractivity contribution in [1.29, 1.82) is 0 Å². The second-order valence-electron chi connectivity index (χ2n) is 7.45. The lowest BCUT2D eigenvalue weighted by Gasteiger charge is -2.13. The van der Waals surface area contributed by atoms with Gasteiger partial charge in [0.15, 0.2) is 17.2 Å². The minimum absolute atomic E-state index is 0.00427. The van der Waals surface area contributed by atoms with Crippen molar-refractivity contribution in [3.8, 4) is 11.5 Å². The fraction of sp³-hybridized carbons (Fsp3) is 0.120. The normalized spacial score (nSPS) is 14.0. The van der Waals surface area contributed by atoms with E-state index in [1.807, 2.05) is 31.2 Å². The van der Waals surface area contributed by atoms with E-state index >= 15 is 0 Å². The molecule has 0 bridgehead atoms. The number of halogens is 1. The topological polar surface area (TPSA) is 100 Å². The average molecular weight is 479 g/mol. The first kappa shape index (κ1) is 23.0. The van der Waals surface area contributed by atoms with E-state index < -0.39 is 10.9 Å². The number of carbonyl (C=O) groups excluding carboxylic acids is 1. The number of nitro groups is 1. The lowest BCUT2D eigenvalue weighted by atomic mass is 10.1. The number of hydrogen-bond acceptors (Lipinski definition) is 7. The first-order chi connectivity index (χ1) is 16.3. The van der Waals surface area contributed by atoms with E-state index in [4.69, 9.17) is 25.8 Å². The van der Waals surface area contributed by atoms with Crippen LogP contribution in [0, 0.1) is 17.0 Å². The highest BCUT2D eigenvalue weighted by Crippen LogP contribution is 2.38. The fourth-order valence-electron chi connectivity index (χ4n) is 3.22. The van der Waals surface area contributed by atoms with Crippen LogP contribution in [0.1, 0.15) is 22.3 Å². The molecule has 8 nitrogen and oxygen atoms in total. The lowest BCUT2D eigenvalue weighted by Crippen LogP contribution is -2.05. The molecular formula is C25H19ClN2O6. The first-order valence-corrected chi connectivity index (χ1v) is 10.5. The van der Waals surface area contributed by atoms with Gasteiger partial charge in [-0.3, -0.25) is 10.1 Å². The third-order valence-electron chi connectivity index (χ3n) is 5.00. The van der Waals surface area contributed by atoms with Crippen LogP contribution < -0.4 is 9.47 Å². The van der Waals surface area contributed by atoms with Crippen molar-refractivity contribution in [3.63, 3.8) is 0 Å². The Kier molecular flexibility index (Phi) is 6.60. The Bertz CT molecular complexity index is 1310. The molecule has 0 aromatic heterocycles. The maximum absolute atomic E-state index is 12.3. The van der Waals surface area contributed by atoms with Crippen molar-refractivity contribution in [2.45, 2.75) is 13.5 Å². The Hall–Kier alpha value is -4.17. The zero-order valence-corrected chi connectivity index (χ0v) is 19.0. The molecule has 0 N–H and O–H groups in total. The number of esters is 1. The van der Waals surface area contributed by atoms with Gasteiger partial charge in [-0.15, -0.1) is 0 Å². The van der Waals surface area contributed by atoms with Gasteiger partial charge in [-0.2, -0.15) is 0 Å². The molecule has 0 saturated carbocycles. The van der Waals surface area contributed by atoms with Crippen molar-refractivity contribution in [1.82, 2.24) is 0 Å². The molecule has 0 atom stereocenters. The molecule has 1 heterocycles. The highest BCUT2D eigenvalue weighted by Gasteiger charge is 2.24. The minimum Gasteiger partial charge on any atom is -0.493 e. The molecule has 1 aliphatic heterocycles. The zero-order chi connectivity index (χ0) is 24.2. The van der Waals surface area contributed by atoms with Crippen LogP contribution in [0.15, 0.2) is 71.4 Å². The van der Waals surface area contributed by atoms with Crippen LogP contribution in [0.2, 0.25) is 5.02 Å². The van der Waals surface area contributed by atoms with Gasteiger partial charge in [0.25, 0.3) is 5.69 Å². The first-order valence-electron chi connectivity index (χ1n) is 10.2. The molecule has 9 heteroatoms. The highest BCUT2D eigenvalue weighted by atomic mass is 35.5. The third-order valence-corrected chi connectivity index (χ3v) is 5.29. The summed E-state index contributed by atoms with van der Waals surface area (Å²) < 4.78 is 16.5. The van der Waals surface area contributed by atoms with Crippen molar-refractivity contribution in [2.75, 3.05) is 7.11 Å². The van der Waals surface area contributed by atoms with Crippen LogP contribution in [0.5, 0.6) is 11.5 Å². The van der Waals surface area contributed by atoms with Gasteiger partial charge in [-0.1, -0.05) is 29.3 Å². The zero-order valence-electron chi connectivity index (χ0n) is 18.3. The van der Waals surface area contributed by atoms with Gasteiger partial charge >= 0.3 is 5.97 Å². The molecule has 0 amide bonds. The summed E-state index contributed by atoms with van der Waals surface area (Å²) in [6, 6.07) is 16.8. The summed E-state index contributed by atoms with van der Waals surface area (Å²) >= 11 is 6.43. The number of methoxy groups -OCH3 is 1. The van der Waals surface area contributed by atoms with Crippen molar-refractivity contribution < 1.29 is 23.9 Å². The molecular weight excluding hydrogens is 460 g/mol. The average Bonchev–Trinajstić information content (AvgIpc) is 3.18.